The Hall–Kier alpha value is -2.62. The first-order valence-electron chi connectivity index (χ1n) is 13.3. The number of hydrogen-bond acceptors (Lipinski definition) is 3. The monoisotopic (exact) mass is 476 g/mol. The second-order valence-electron chi connectivity index (χ2n) is 11.0. The maximum absolute atomic E-state index is 13.9. The maximum atomic E-state index is 13.9. The summed E-state index contributed by atoms with van der Waals surface area (Å²) in [6.07, 6.45) is 1.77. The molecule has 3 atom stereocenters. The number of hydrogen-bond donors (Lipinski definition) is 1. The molecule has 4 heteroatoms. The summed E-state index contributed by atoms with van der Waals surface area (Å²) < 4.78 is 6.10. The highest BCUT2D eigenvalue weighted by atomic mass is 16.5. The molecular weight excluding hydrogens is 432 g/mol. The van der Waals surface area contributed by atoms with Crippen LogP contribution in [-0.4, -0.2) is 30.5 Å². The molecule has 0 saturated heterocycles. The van der Waals surface area contributed by atoms with Crippen molar-refractivity contribution in [1.29, 1.82) is 0 Å². The van der Waals surface area contributed by atoms with Crippen molar-refractivity contribution >= 4 is 11.8 Å². The van der Waals surface area contributed by atoms with Gasteiger partial charge in [0.05, 0.1) is 6.04 Å². The molecule has 4 nitrogen and oxygen atoms in total. The third kappa shape index (κ3) is 6.54. The van der Waals surface area contributed by atoms with Gasteiger partial charge in [-0.3, -0.25) is 4.79 Å². The van der Waals surface area contributed by atoms with Crippen molar-refractivity contribution in [2.45, 2.75) is 98.1 Å². The number of rotatable bonds is 10. The van der Waals surface area contributed by atoms with Crippen molar-refractivity contribution in [3.63, 3.8) is 0 Å². The fourth-order valence-electron chi connectivity index (χ4n) is 4.71. The molecule has 0 fully saturated rings. The second kappa shape index (κ2) is 11.9. The van der Waals surface area contributed by atoms with Gasteiger partial charge in [-0.05, 0) is 52.3 Å². The second-order valence-corrected chi connectivity index (χ2v) is 11.0. The Morgan fingerprint density at radius 3 is 2.09 bits per heavy atom. The fraction of sp³-hybridized carbons (Fsp3) is 0.548. The predicted molar refractivity (Wildman–Crippen MR) is 147 cm³/mol. The molecule has 2 aromatic carbocycles. The van der Waals surface area contributed by atoms with Crippen LogP contribution in [0.4, 0.5) is 0 Å². The molecule has 1 aliphatic rings. The molecule has 190 valence electrons. The van der Waals surface area contributed by atoms with Crippen molar-refractivity contribution in [3.8, 4) is 0 Å². The van der Waals surface area contributed by atoms with Crippen molar-refractivity contribution in [2.75, 3.05) is 6.61 Å². The predicted octanol–water partition coefficient (Wildman–Crippen LogP) is 7.24. The Labute approximate surface area is 212 Å². The summed E-state index contributed by atoms with van der Waals surface area (Å²) in [6.45, 7) is 18.0. The lowest BCUT2D eigenvalue weighted by Gasteiger charge is -2.27. The van der Waals surface area contributed by atoms with Gasteiger partial charge in [0.25, 0.3) is 5.91 Å². The smallest absolute Gasteiger partial charge is 0.252 e. The molecule has 0 aliphatic carbocycles. The molecule has 0 aromatic heterocycles. The largest absolute Gasteiger partial charge is 0.477 e. The average molecular weight is 477 g/mol. The summed E-state index contributed by atoms with van der Waals surface area (Å²) in [4.78, 5) is 18.8. The topological polar surface area (TPSA) is 50.7 Å². The summed E-state index contributed by atoms with van der Waals surface area (Å²) in [7, 11) is 0. The van der Waals surface area contributed by atoms with E-state index in [2.05, 4.69) is 97.1 Å². The lowest BCUT2D eigenvalue weighted by Crippen LogP contribution is -2.46. The van der Waals surface area contributed by atoms with E-state index >= 15 is 0 Å². The lowest BCUT2D eigenvalue weighted by atomic mass is 9.84. The minimum Gasteiger partial charge on any atom is -0.477 e. The van der Waals surface area contributed by atoms with Gasteiger partial charge in [-0.25, -0.2) is 4.99 Å². The van der Waals surface area contributed by atoms with Crippen LogP contribution >= 0.6 is 0 Å². The quantitative estimate of drug-likeness (QED) is 0.393. The summed E-state index contributed by atoms with van der Waals surface area (Å²) >= 11 is 0. The summed E-state index contributed by atoms with van der Waals surface area (Å²) in [5.41, 5.74) is 5.61. The Bertz CT molecular complexity index is 995. The van der Waals surface area contributed by atoms with Crippen molar-refractivity contribution in [1.82, 2.24) is 5.32 Å². The van der Waals surface area contributed by atoms with Crippen LogP contribution in [0.15, 0.2) is 47.5 Å². The molecule has 1 aliphatic heterocycles. The Kier molecular flexibility index (Phi) is 9.15. The molecule has 35 heavy (non-hydrogen) atoms. The zero-order chi connectivity index (χ0) is 25.7. The minimum atomic E-state index is -0.238. The molecule has 1 N–H and O–H groups in total. The molecule has 0 bridgehead atoms. The number of carbonyl (C=O) groups excluding carboxylic acids is 1. The van der Waals surface area contributed by atoms with Gasteiger partial charge in [0.2, 0.25) is 5.90 Å². The lowest BCUT2D eigenvalue weighted by molar-refractivity contribution is 0.0929. The van der Waals surface area contributed by atoms with Gasteiger partial charge in [0.1, 0.15) is 12.6 Å². The van der Waals surface area contributed by atoms with E-state index in [0.717, 1.165) is 29.5 Å². The van der Waals surface area contributed by atoms with Gasteiger partial charge in [0, 0.05) is 5.56 Å². The first-order chi connectivity index (χ1) is 16.6. The van der Waals surface area contributed by atoms with Crippen molar-refractivity contribution < 1.29 is 9.53 Å². The van der Waals surface area contributed by atoms with Crippen LogP contribution in [0.1, 0.15) is 112 Å². The van der Waals surface area contributed by atoms with Crippen LogP contribution in [0.3, 0.4) is 0 Å². The number of nitrogens with one attached hydrogen (secondary N) is 1. The van der Waals surface area contributed by atoms with Crippen molar-refractivity contribution in [3.05, 3.63) is 70.3 Å². The number of amides is 1. The number of nitrogens with zero attached hydrogens (tertiary/aromatic N) is 1. The first-order valence-corrected chi connectivity index (χ1v) is 13.3. The highest BCUT2D eigenvalue weighted by Crippen LogP contribution is 2.32. The van der Waals surface area contributed by atoms with E-state index < -0.39 is 0 Å². The van der Waals surface area contributed by atoms with Crippen LogP contribution in [0, 0.1) is 5.92 Å². The van der Waals surface area contributed by atoms with Crippen LogP contribution in [-0.2, 0) is 11.2 Å². The van der Waals surface area contributed by atoms with E-state index in [-0.39, 0.29) is 35.7 Å². The number of aliphatic imine (C=N–C) groups is 1. The third-order valence-corrected chi connectivity index (χ3v) is 7.17. The molecule has 0 saturated carbocycles. The van der Waals surface area contributed by atoms with E-state index in [1.807, 2.05) is 6.07 Å². The Balaban J connectivity index is 1.92. The Morgan fingerprint density at radius 1 is 0.971 bits per heavy atom. The molecule has 1 heterocycles. The first kappa shape index (κ1) is 27.0. The van der Waals surface area contributed by atoms with E-state index in [9.17, 15) is 4.79 Å². The van der Waals surface area contributed by atoms with Gasteiger partial charge in [0.15, 0.2) is 0 Å². The molecule has 2 aromatic rings. The van der Waals surface area contributed by atoms with Gasteiger partial charge in [-0.2, -0.15) is 0 Å². The van der Waals surface area contributed by atoms with Gasteiger partial charge in [-0.15, -0.1) is 0 Å². The molecule has 2 unspecified atom stereocenters. The summed E-state index contributed by atoms with van der Waals surface area (Å²) in [6, 6.07) is 14.7. The van der Waals surface area contributed by atoms with E-state index in [1.165, 1.54) is 11.1 Å². The number of ether oxygens (including phenoxy) is 1. The van der Waals surface area contributed by atoms with Crippen molar-refractivity contribution in [2.24, 2.45) is 10.9 Å². The van der Waals surface area contributed by atoms with E-state index in [0.29, 0.717) is 18.4 Å². The molecule has 0 radical (unpaired) electrons. The molecule has 1 amide bonds. The van der Waals surface area contributed by atoms with Crippen LogP contribution in [0.5, 0.6) is 0 Å². The van der Waals surface area contributed by atoms with E-state index in [4.69, 9.17) is 9.73 Å². The summed E-state index contributed by atoms with van der Waals surface area (Å²) in [5, 5.41) is 3.35. The standard InChI is InChI=1S/C31H44N2O2/c1-9-22(8)29(31-32-25(18-35-31)15-23-13-11-10-12-14-23)33-30(34)28-26(20(4)5)16-24(19(2)3)17-27(28)21(6)7/h10-14,16-17,19-22,25,29H,9,15,18H2,1-8H3,(H,33,34)/t22?,25-,29?/m0/s1. The minimum absolute atomic E-state index is 0.0178. The zero-order valence-corrected chi connectivity index (χ0v) is 22.9. The van der Waals surface area contributed by atoms with Gasteiger partial charge < -0.3 is 10.1 Å². The zero-order valence-electron chi connectivity index (χ0n) is 22.9. The number of carbonyl (C=O) groups is 1. The van der Waals surface area contributed by atoms with Crippen LogP contribution in [0.2, 0.25) is 0 Å². The molecular formula is C31H44N2O2. The average Bonchev–Trinajstić information content (AvgIpc) is 3.29. The number of benzene rings is 2. The van der Waals surface area contributed by atoms with Gasteiger partial charge in [-0.1, -0.05) is 104 Å². The summed E-state index contributed by atoms with van der Waals surface area (Å²) in [5.74, 6) is 1.79. The molecule has 3 rings (SSSR count). The SMILES string of the molecule is CCC(C)C(NC(=O)c1c(C(C)C)cc(C(C)C)cc1C(C)C)C1=N[C@@H](Cc2ccccc2)CO1. The Morgan fingerprint density at radius 2 is 1.57 bits per heavy atom. The molecule has 0 spiro atoms. The van der Waals surface area contributed by atoms with Crippen LogP contribution < -0.4 is 5.32 Å². The normalized spacial score (nSPS) is 17.5. The maximum Gasteiger partial charge on any atom is 0.252 e. The highest BCUT2D eigenvalue weighted by molar-refractivity contribution is 6.00. The van der Waals surface area contributed by atoms with Crippen LogP contribution in [0.25, 0.3) is 0 Å². The third-order valence-electron chi connectivity index (χ3n) is 7.17. The fourth-order valence-corrected chi connectivity index (χ4v) is 4.71. The highest BCUT2D eigenvalue weighted by Gasteiger charge is 2.32. The van der Waals surface area contributed by atoms with E-state index in [1.54, 1.807) is 0 Å². The van der Waals surface area contributed by atoms with Gasteiger partial charge >= 0.3 is 0 Å².